The summed E-state index contributed by atoms with van der Waals surface area (Å²) < 4.78 is 0. The number of allylic oxidation sites excluding steroid dienone is 3. The maximum Gasteiger partial charge on any atom is 0.0465 e. The van der Waals surface area contributed by atoms with Gasteiger partial charge >= 0.3 is 0 Å². The average molecular weight is 810 g/mol. The van der Waals surface area contributed by atoms with Crippen LogP contribution >= 0.6 is 0 Å². The van der Waals surface area contributed by atoms with Crippen molar-refractivity contribution >= 4 is 17.1 Å². The van der Waals surface area contributed by atoms with Gasteiger partial charge in [0, 0.05) is 22.5 Å². The molecular formula is C62H51N. The quantitative estimate of drug-likeness (QED) is 0.131. The van der Waals surface area contributed by atoms with Crippen molar-refractivity contribution in [2.75, 3.05) is 4.90 Å². The van der Waals surface area contributed by atoms with E-state index < -0.39 is 0 Å². The van der Waals surface area contributed by atoms with Gasteiger partial charge in [-0.2, -0.15) is 0 Å². The lowest BCUT2D eigenvalue weighted by atomic mass is 9.81. The SMILES string of the molecule is C=C/C=C\C.CC1(C)c2cc(-c3ccc(-c4ccc(-c5ccccc5)cc4)cc3)ccc2-c2ccc(N(c3ccccc3)c3ccc(-c4ccc(-c5ccccc5)cc4)cc3)cc21. The Balaban J connectivity index is 0.000000956. The number of benzene rings is 9. The van der Waals surface area contributed by atoms with E-state index in [4.69, 9.17) is 0 Å². The first-order valence-electron chi connectivity index (χ1n) is 21.8. The highest BCUT2D eigenvalue weighted by molar-refractivity contribution is 5.88. The lowest BCUT2D eigenvalue weighted by Crippen LogP contribution is -2.16. The van der Waals surface area contributed by atoms with Gasteiger partial charge in [-0.15, -0.1) is 0 Å². The van der Waals surface area contributed by atoms with Gasteiger partial charge in [-0.3, -0.25) is 0 Å². The lowest BCUT2D eigenvalue weighted by molar-refractivity contribution is 0.660. The van der Waals surface area contributed by atoms with Gasteiger partial charge in [-0.05, 0) is 127 Å². The van der Waals surface area contributed by atoms with Crippen LogP contribution in [0.2, 0.25) is 0 Å². The first-order chi connectivity index (χ1) is 30.9. The topological polar surface area (TPSA) is 3.24 Å². The van der Waals surface area contributed by atoms with Crippen molar-refractivity contribution in [2.45, 2.75) is 26.2 Å². The molecule has 0 fully saturated rings. The molecule has 1 heteroatoms. The summed E-state index contributed by atoms with van der Waals surface area (Å²) in [4.78, 5) is 2.38. The van der Waals surface area contributed by atoms with Crippen LogP contribution < -0.4 is 4.90 Å². The molecule has 0 saturated carbocycles. The molecule has 0 radical (unpaired) electrons. The third-order valence-electron chi connectivity index (χ3n) is 12.3. The predicted octanol–water partition coefficient (Wildman–Crippen LogP) is 17.5. The molecule has 9 aromatic rings. The summed E-state index contributed by atoms with van der Waals surface area (Å²) in [6, 6.07) is 81.6. The van der Waals surface area contributed by atoms with E-state index in [0.29, 0.717) is 0 Å². The third kappa shape index (κ3) is 8.47. The van der Waals surface area contributed by atoms with E-state index in [1.165, 1.54) is 77.9 Å². The first-order valence-corrected chi connectivity index (χ1v) is 21.8. The summed E-state index contributed by atoms with van der Waals surface area (Å²) in [7, 11) is 0. The summed E-state index contributed by atoms with van der Waals surface area (Å²) in [6.07, 6.45) is 5.58. The number of hydrogen-bond donors (Lipinski definition) is 0. The van der Waals surface area contributed by atoms with Gasteiger partial charge in [0.2, 0.25) is 0 Å². The van der Waals surface area contributed by atoms with Crippen LogP contribution in [0.3, 0.4) is 0 Å². The van der Waals surface area contributed by atoms with Gasteiger partial charge in [0.1, 0.15) is 0 Å². The van der Waals surface area contributed by atoms with Gasteiger partial charge in [-0.25, -0.2) is 0 Å². The van der Waals surface area contributed by atoms with Gasteiger partial charge in [0.25, 0.3) is 0 Å². The maximum absolute atomic E-state index is 3.46. The zero-order valence-electron chi connectivity index (χ0n) is 36.2. The molecule has 9 aromatic carbocycles. The molecule has 10 rings (SSSR count). The minimum absolute atomic E-state index is 0.171. The number of para-hydroxylation sites is 1. The van der Waals surface area contributed by atoms with Gasteiger partial charge < -0.3 is 4.90 Å². The third-order valence-corrected chi connectivity index (χ3v) is 12.3. The van der Waals surface area contributed by atoms with Crippen LogP contribution in [0, 0.1) is 0 Å². The molecule has 0 aromatic heterocycles. The Morgan fingerprint density at radius 2 is 0.667 bits per heavy atom. The molecule has 0 spiro atoms. The summed E-state index contributed by atoms with van der Waals surface area (Å²) in [5.74, 6) is 0. The van der Waals surface area contributed by atoms with Gasteiger partial charge in [0.15, 0.2) is 0 Å². The average Bonchev–Trinajstić information content (AvgIpc) is 3.58. The van der Waals surface area contributed by atoms with Crippen LogP contribution in [-0.2, 0) is 5.41 Å². The second-order valence-corrected chi connectivity index (χ2v) is 16.6. The van der Waals surface area contributed by atoms with E-state index in [1.54, 1.807) is 6.08 Å². The van der Waals surface area contributed by atoms with Crippen molar-refractivity contribution in [1.29, 1.82) is 0 Å². The number of anilines is 3. The fourth-order valence-electron chi connectivity index (χ4n) is 8.83. The second-order valence-electron chi connectivity index (χ2n) is 16.6. The van der Waals surface area contributed by atoms with Crippen LogP contribution in [0.4, 0.5) is 17.1 Å². The van der Waals surface area contributed by atoms with E-state index >= 15 is 0 Å². The summed E-state index contributed by atoms with van der Waals surface area (Å²) in [6.45, 7) is 10.2. The minimum atomic E-state index is -0.171. The predicted molar refractivity (Wildman–Crippen MR) is 271 cm³/mol. The molecule has 0 heterocycles. The van der Waals surface area contributed by atoms with E-state index in [0.717, 1.165) is 17.1 Å². The van der Waals surface area contributed by atoms with Crippen molar-refractivity contribution in [3.05, 3.63) is 260 Å². The van der Waals surface area contributed by atoms with Crippen molar-refractivity contribution in [3.8, 4) is 66.8 Å². The molecule has 0 atom stereocenters. The van der Waals surface area contributed by atoms with E-state index in [1.807, 2.05) is 19.1 Å². The molecule has 304 valence electrons. The highest BCUT2D eigenvalue weighted by Gasteiger charge is 2.36. The van der Waals surface area contributed by atoms with E-state index in [9.17, 15) is 0 Å². The van der Waals surface area contributed by atoms with Gasteiger partial charge in [-0.1, -0.05) is 221 Å². The number of nitrogens with zero attached hydrogens (tertiary/aromatic N) is 1. The molecule has 1 aliphatic carbocycles. The highest BCUT2D eigenvalue weighted by Crippen LogP contribution is 2.51. The van der Waals surface area contributed by atoms with Crippen molar-refractivity contribution in [3.63, 3.8) is 0 Å². The number of hydrogen-bond acceptors (Lipinski definition) is 1. The fraction of sp³-hybridized carbons (Fsp3) is 0.0645. The molecule has 0 amide bonds. The lowest BCUT2D eigenvalue weighted by Gasteiger charge is -2.28. The Bertz CT molecular complexity index is 2980. The van der Waals surface area contributed by atoms with Crippen molar-refractivity contribution < 1.29 is 0 Å². The molecule has 0 bridgehead atoms. The molecular weight excluding hydrogens is 759 g/mol. The molecule has 63 heavy (non-hydrogen) atoms. The van der Waals surface area contributed by atoms with E-state index in [2.05, 4.69) is 250 Å². The molecule has 0 saturated heterocycles. The largest absolute Gasteiger partial charge is 0.310 e. The van der Waals surface area contributed by atoms with Crippen LogP contribution in [0.5, 0.6) is 0 Å². The minimum Gasteiger partial charge on any atom is -0.310 e. The zero-order chi connectivity index (χ0) is 43.2. The Morgan fingerprint density at radius 3 is 1.08 bits per heavy atom. The molecule has 0 N–H and O–H groups in total. The molecule has 0 aliphatic heterocycles. The summed E-state index contributed by atoms with van der Waals surface area (Å²) in [5, 5.41) is 0. The highest BCUT2D eigenvalue weighted by atomic mass is 15.1. The standard InChI is InChI=1S/C57H43N.C5H8/c1-57(2)55-38-49(48-28-26-45(27-29-48)44-22-18-42(19-23-44)40-12-6-3-7-13-40)32-36-53(55)54-37-35-52(39-56(54)57)58(50-16-10-5-11-17-50)51-33-30-47(31-34-51)46-24-20-43(21-25-46)41-14-8-4-9-15-41;1-3-5-4-2/h3-39H,1-2H3;3-5H,1H2,2H3/b;5-4-. The van der Waals surface area contributed by atoms with Crippen LogP contribution in [0.15, 0.2) is 249 Å². The Labute approximate surface area is 373 Å². The maximum atomic E-state index is 3.46. The van der Waals surface area contributed by atoms with Crippen LogP contribution in [-0.4, -0.2) is 0 Å². The first kappa shape index (κ1) is 40.7. The van der Waals surface area contributed by atoms with Gasteiger partial charge in [0.05, 0.1) is 0 Å². The monoisotopic (exact) mass is 809 g/mol. The zero-order valence-corrected chi connectivity index (χ0v) is 36.2. The van der Waals surface area contributed by atoms with Crippen LogP contribution in [0.1, 0.15) is 31.9 Å². The Kier molecular flexibility index (Phi) is 11.7. The normalized spacial score (nSPS) is 12.2. The molecule has 1 aliphatic rings. The Hall–Kier alpha value is -7.74. The van der Waals surface area contributed by atoms with Crippen molar-refractivity contribution in [2.24, 2.45) is 0 Å². The fourth-order valence-corrected chi connectivity index (χ4v) is 8.83. The van der Waals surface area contributed by atoms with E-state index in [-0.39, 0.29) is 5.41 Å². The molecule has 1 nitrogen and oxygen atoms in total. The number of rotatable bonds is 9. The van der Waals surface area contributed by atoms with Crippen molar-refractivity contribution in [1.82, 2.24) is 0 Å². The second kappa shape index (κ2) is 18.1. The summed E-state index contributed by atoms with van der Waals surface area (Å²) in [5.41, 5.74) is 20.8. The number of fused-ring (bicyclic) bond motifs is 3. The smallest absolute Gasteiger partial charge is 0.0465 e. The van der Waals surface area contributed by atoms with Crippen LogP contribution in [0.25, 0.3) is 66.8 Å². The summed E-state index contributed by atoms with van der Waals surface area (Å²) >= 11 is 0. The molecule has 0 unspecified atom stereocenters. The Morgan fingerprint density at radius 1 is 0.349 bits per heavy atom.